The fourth-order valence-electron chi connectivity index (χ4n) is 3.32. The standard InChI is InChI=1S/C18H23FN4O2.ClH/c1-11(21-16(24)14-8-3-4-9-18(14,2)20)17-22-15(23-25-17)12-6-5-7-13(19)10-12;/h5-7,10-11,14H,3-4,8-9,20H2,1-2H3,(H,21,24);1H. The zero-order valence-electron chi connectivity index (χ0n) is 14.9. The Morgan fingerprint density at radius 1 is 1.46 bits per heavy atom. The minimum atomic E-state index is -0.496. The first-order valence-corrected chi connectivity index (χ1v) is 8.55. The van der Waals surface area contributed by atoms with Gasteiger partial charge in [-0.25, -0.2) is 4.39 Å². The number of hydrogen-bond donors (Lipinski definition) is 2. The van der Waals surface area contributed by atoms with E-state index in [4.69, 9.17) is 10.3 Å². The summed E-state index contributed by atoms with van der Waals surface area (Å²) in [5.41, 5.74) is 6.31. The first kappa shape index (κ1) is 20.3. The van der Waals surface area contributed by atoms with Crippen LogP contribution >= 0.6 is 12.4 Å². The van der Waals surface area contributed by atoms with Gasteiger partial charge in [-0.15, -0.1) is 12.4 Å². The van der Waals surface area contributed by atoms with Crippen LogP contribution in [0.5, 0.6) is 0 Å². The van der Waals surface area contributed by atoms with Crippen molar-refractivity contribution >= 4 is 18.3 Å². The first-order valence-electron chi connectivity index (χ1n) is 8.55. The number of rotatable bonds is 4. The number of halogens is 2. The number of carbonyl (C=O) groups excluding carboxylic acids is 1. The summed E-state index contributed by atoms with van der Waals surface area (Å²) in [5.74, 6) is -0.124. The van der Waals surface area contributed by atoms with Gasteiger partial charge < -0.3 is 15.6 Å². The first-order chi connectivity index (χ1) is 11.9. The van der Waals surface area contributed by atoms with Crippen LogP contribution in [0.2, 0.25) is 0 Å². The van der Waals surface area contributed by atoms with Crippen molar-refractivity contribution in [3.05, 3.63) is 36.0 Å². The van der Waals surface area contributed by atoms with Crippen molar-refractivity contribution < 1.29 is 13.7 Å². The molecule has 0 aliphatic heterocycles. The van der Waals surface area contributed by atoms with Crippen LogP contribution in [0.25, 0.3) is 11.4 Å². The van der Waals surface area contributed by atoms with Crippen molar-refractivity contribution in [1.29, 1.82) is 0 Å². The molecule has 2 aromatic rings. The molecule has 26 heavy (non-hydrogen) atoms. The van der Waals surface area contributed by atoms with Gasteiger partial charge in [-0.3, -0.25) is 4.79 Å². The van der Waals surface area contributed by atoms with E-state index in [0.717, 1.165) is 25.7 Å². The molecule has 1 heterocycles. The topological polar surface area (TPSA) is 94.0 Å². The SMILES string of the molecule is CC(NC(=O)C1CCCCC1(C)N)c1nc(-c2cccc(F)c2)no1.Cl. The number of aromatic nitrogens is 2. The summed E-state index contributed by atoms with van der Waals surface area (Å²) in [6.07, 6.45) is 3.67. The maximum atomic E-state index is 13.3. The molecule has 1 aliphatic rings. The number of benzene rings is 1. The molecule has 1 aromatic heterocycles. The van der Waals surface area contributed by atoms with E-state index >= 15 is 0 Å². The summed E-state index contributed by atoms with van der Waals surface area (Å²) in [4.78, 5) is 16.9. The molecule has 6 nitrogen and oxygen atoms in total. The second kappa shape index (κ2) is 8.14. The van der Waals surface area contributed by atoms with Crippen molar-refractivity contribution in [3.63, 3.8) is 0 Å². The van der Waals surface area contributed by atoms with Gasteiger partial charge in [-0.05, 0) is 38.8 Å². The largest absolute Gasteiger partial charge is 0.344 e. The van der Waals surface area contributed by atoms with E-state index in [0.29, 0.717) is 5.56 Å². The van der Waals surface area contributed by atoms with Crippen molar-refractivity contribution in [3.8, 4) is 11.4 Å². The predicted molar refractivity (Wildman–Crippen MR) is 98.0 cm³/mol. The lowest BCUT2D eigenvalue weighted by Crippen LogP contribution is -2.53. The fraction of sp³-hybridized carbons (Fsp3) is 0.500. The van der Waals surface area contributed by atoms with E-state index in [9.17, 15) is 9.18 Å². The van der Waals surface area contributed by atoms with Gasteiger partial charge in [0.25, 0.3) is 0 Å². The molecule has 0 saturated heterocycles. The van der Waals surface area contributed by atoms with Crippen molar-refractivity contribution in [2.75, 3.05) is 0 Å². The molecule has 1 aliphatic carbocycles. The Morgan fingerprint density at radius 3 is 2.92 bits per heavy atom. The van der Waals surface area contributed by atoms with E-state index in [1.165, 1.54) is 12.1 Å². The lowest BCUT2D eigenvalue weighted by Gasteiger charge is -2.37. The van der Waals surface area contributed by atoms with Gasteiger partial charge in [0.15, 0.2) is 0 Å². The van der Waals surface area contributed by atoms with Gasteiger partial charge >= 0.3 is 0 Å². The maximum absolute atomic E-state index is 13.3. The molecular formula is C18H24ClFN4O2. The van der Waals surface area contributed by atoms with Crippen LogP contribution in [0.3, 0.4) is 0 Å². The Labute approximate surface area is 158 Å². The third-order valence-corrected chi connectivity index (χ3v) is 4.82. The summed E-state index contributed by atoms with van der Waals surface area (Å²) in [6.45, 7) is 3.70. The molecule has 1 amide bonds. The third-order valence-electron chi connectivity index (χ3n) is 4.82. The summed E-state index contributed by atoms with van der Waals surface area (Å²) < 4.78 is 18.5. The molecule has 1 saturated carbocycles. The quantitative estimate of drug-likeness (QED) is 0.845. The average molecular weight is 383 g/mol. The van der Waals surface area contributed by atoms with Gasteiger partial charge in [0.05, 0.1) is 5.92 Å². The molecular weight excluding hydrogens is 359 g/mol. The Hall–Kier alpha value is -1.99. The highest BCUT2D eigenvalue weighted by atomic mass is 35.5. The van der Waals surface area contributed by atoms with Crippen LogP contribution in [0.15, 0.2) is 28.8 Å². The summed E-state index contributed by atoms with van der Waals surface area (Å²) in [7, 11) is 0. The number of nitrogens with two attached hydrogens (primary N) is 1. The lowest BCUT2D eigenvalue weighted by molar-refractivity contribution is -0.129. The lowest BCUT2D eigenvalue weighted by atomic mass is 9.74. The van der Waals surface area contributed by atoms with Crippen LogP contribution < -0.4 is 11.1 Å². The molecule has 0 spiro atoms. The second-order valence-corrected chi connectivity index (χ2v) is 7.00. The number of carbonyl (C=O) groups is 1. The Bertz CT molecular complexity index is 765. The molecule has 3 atom stereocenters. The highest BCUT2D eigenvalue weighted by Crippen LogP contribution is 2.32. The van der Waals surface area contributed by atoms with E-state index in [1.807, 2.05) is 6.92 Å². The van der Waals surface area contributed by atoms with E-state index in [1.54, 1.807) is 19.1 Å². The summed E-state index contributed by atoms with van der Waals surface area (Å²) >= 11 is 0. The van der Waals surface area contributed by atoms with Gasteiger partial charge in [0, 0.05) is 11.1 Å². The van der Waals surface area contributed by atoms with E-state index < -0.39 is 11.6 Å². The van der Waals surface area contributed by atoms with Crippen LogP contribution in [-0.4, -0.2) is 21.6 Å². The molecule has 1 aromatic carbocycles. The minimum absolute atomic E-state index is 0. The van der Waals surface area contributed by atoms with Gasteiger partial charge in [-0.2, -0.15) is 4.98 Å². The van der Waals surface area contributed by atoms with E-state index in [2.05, 4.69) is 15.5 Å². The predicted octanol–water partition coefficient (Wildman–Crippen LogP) is 3.38. The number of hydrogen-bond acceptors (Lipinski definition) is 5. The van der Waals surface area contributed by atoms with E-state index in [-0.39, 0.29) is 41.8 Å². The number of nitrogens with zero attached hydrogens (tertiary/aromatic N) is 2. The Kier molecular flexibility index (Phi) is 6.36. The third kappa shape index (κ3) is 4.40. The molecule has 8 heteroatoms. The smallest absolute Gasteiger partial charge is 0.249 e. The van der Waals surface area contributed by atoms with Crippen LogP contribution in [0.1, 0.15) is 51.5 Å². The Balaban J connectivity index is 0.00000243. The molecule has 142 valence electrons. The van der Waals surface area contributed by atoms with Crippen LogP contribution in [0.4, 0.5) is 4.39 Å². The fourth-order valence-corrected chi connectivity index (χ4v) is 3.32. The Morgan fingerprint density at radius 2 is 2.23 bits per heavy atom. The maximum Gasteiger partial charge on any atom is 0.249 e. The average Bonchev–Trinajstić information content (AvgIpc) is 3.04. The molecule has 1 fully saturated rings. The zero-order valence-corrected chi connectivity index (χ0v) is 15.7. The summed E-state index contributed by atoms with van der Waals surface area (Å²) in [5, 5.41) is 6.78. The van der Waals surface area contributed by atoms with Crippen molar-refractivity contribution in [2.24, 2.45) is 11.7 Å². The highest BCUT2D eigenvalue weighted by molar-refractivity contribution is 5.85. The van der Waals surface area contributed by atoms with Gasteiger partial charge in [0.2, 0.25) is 17.6 Å². The number of nitrogens with one attached hydrogen (secondary N) is 1. The molecule has 3 rings (SSSR count). The monoisotopic (exact) mass is 382 g/mol. The van der Waals surface area contributed by atoms with Crippen molar-refractivity contribution in [2.45, 2.75) is 51.1 Å². The highest BCUT2D eigenvalue weighted by Gasteiger charge is 2.38. The van der Waals surface area contributed by atoms with Gasteiger partial charge in [-0.1, -0.05) is 30.1 Å². The van der Waals surface area contributed by atoms with Crippen LogP contribution in [-0.2, 0) is 4.79 Å². The normalized spacial score (nSPS) is 23.8. The van der Waals surface area contributed by atoms with Crippen molar-refractivity contribution in [1.82, 2.24) is 15.5 Å². The van der Waals surface area contributed by atoms with Crippen LogP contribution in [0, 0.1) is 11.7 Å². The minimum Gasteiger partial charge on any atom is -0.344 e. The summed E-state index contributed by atoms with van der Waals surface area (Å²) in [6, 6.07) is 5.51. The number of amides is 1. The zero-order chi connectivity index (χ0) is 18.0. The molecule has 3 N–H and O–H groups in total. The molecule has 0 bridgehead atoms. The van der Waals surface area contributed by atoms with Gasteiger partial charge in [0.1, 0.15) is 11.9 Å². The second-order valence-electron chi connectivity index (χ2n) is 7.00. The molecule has 0 radical (unpaired) electrons. The molecule has 3 unspecified atom stereocenters.